The third-order valence-corrected chi connectivity index (χ3v) is 7.57. The maximum Gasteiger partial charge on any atom is 0.419 e. The van der Waals surface area contributed by atoms with Crippen molar-refractivity contribution >= 4 is 15.7 Å². The first-order chi connectivity index (χ1) is 15.7. The molecule has 0 unspecified atom stereocenters. The fourth-order valence-electron chi connectivity index (χ4n) is 3.90. The molecule has 1 N–H and O–H groups in total. The molecule has 3 rings (SSSR count). The number of alkyl halides is 6. The van der Waals surface area contributed by atoms with Crippen LogP contribution in [0.15, 0.2) is 47.4 Å². The molecule has 0 atom stereocenters. The summed E-state index contributed by atoms with van der Waals surface area (Å²) in [6.07, 6.45) is -8.26. The molecule has 12 heteroatoms. The van der Waals surface area contributed by atoms with E-state index in [0.29, 0.717) is 43.9 Å². The molecule has 0 bridgehead atoms. The largest absolute Gasteiger partial charge is 0.419 e. The Hall–Kier alpha value is -2.63. The standard InChI is InChI=1S/C22H20F7NO3S/c23-19-9-6-14(10-18(19)22(27,28)29)20(31)30-16-7-4-13(5-8-16)12-34(32,33)17-3-1-2-15(11-17)21(24,25)26/h1-3,6,9-11,13,16H,4-5,7-8,12H2,(H,30,31)/t13-,16-. The van der Waals surface area contributed by atoms with Crippen LogP contribution < -0.4 is 5.32 Å². The van der Waals surface area contributed by atoms with Gasteiger partial charge in [-0.3, -0.25) is 4.79 Å². The van der Waals surface area contributed by atoms with Crippen molar-refractivity contribution in [3.63, 3.8) is 0 Å². The maximum atomic E-state index is 13.4. The van der Waals surface area contributed by atoms with Gasteiger partial charge in [-0.25, -0.2) is 12.8 Å². The van der Waals surface area contributed by atoms with Gasteiger partial charge in [-0.2, -0.15) is 26.3 Å². The van der Waals surface area contributed by atoms with Gasteiger partial charge in [0.1, 0.15) is 5.82 Å². The Morgan fingerprint density at radius 2 is 1.56 bits per heavy atom. The van der Waals surface area contributed by atoms with E-state index >= 15 is 0 Å². The summed E-state index contributed by atoms with van der Waals surface area (Å²) in [5.74, 6) is -3.02. The number of hydrogen-bond donors (Lipinski definition) is 1. The first-order valence-electron chi connectivity index (χ1n) is 10.2. The maximum absolute atomic E-state index is 13.4. The van der Waals surface area contributed by atoms with E-state index in [0.717, 1.165) is 24.3 Å². The summed E-state index contributed by atoms with van der Waals surface area (Å²) in [7, 11) is -3.98. The summed E-state index contributed by atoms with van der Waals surface area (Å²) in [6.45, 7) is 0. The van der Waals surface area contributed by atoms with Gasteiger partial charge < -0.3 is 5.32 Å². The number of nitrogens with one attached hydrogen (secondary N) is 1. The number of amides is 1. The van der Waals surface area contributed by atoms with Crippen molar-refractivity contribution in [3.05, 3.63) is 65.0 Å². The summed E-state index contributed by atoms with van der Waals surface area (Å²) >= 11 is 0. The Kier molecular flexibility index (Phi) is 7.30. The van der Waals surface area contributed by atoms with E-state index in [1.165, 1.54) is 0 Å². The molecule has 4 nitrogen and oxygen atoms in total. The molecule has 34 heavy (non-hydrogen) atoms. The van der Waals surface area contributed by atoms with Crippen molar-refractivity contribution in [2.75, 3.05) is 5.75 Å². The van der Waals surface area contributed by atoms with Gasteiger partial charge in [0, 0.05) is 11.6 Å². The fourth-order valence-corrected chi connectivity index (χ4v) is 5.64. The smallest absolute Gasteiger partial charge is 0.349 e. The average Bonchev–Trinajstić information content (AvgIpc) is 2.74. The van der Waals surface area contributed by atoms with Crippen molar-refractivity contribution in [1.82, 2.24) is 5.32 Å². The second-order valence-corrected chi connectivity index (χ2v) is 10.2. The van der Waals surface area contributed by atoms with Crippen molar-refractivity contribution in [3.8, 4) is 0 Å². The number of carbonyl (C=O) groups excluding carboxylic acids is 1. The Bertz CT molecular complexity index is 1150. The van der Waals surface area contributed by atoms with Crippen molar-refractivity contribution in [2.24, 2.45) is 5.92 Å². The van der Waals surface area contributed by atoms with Crippen LogP contribution in [0.2, 0.25) is 0 Å². The molecule has 0 saturated heterocycles. The molecule has 1 fully saturated rings. The fraction of sp³-hybridized carbons (Fsp3) is 0.409. The van der Waals surface area contributed by atoms with E-state index in [1.807, 2.05) is 0 Å². The van der Waals surface area contributed by atoms with Crippen molar-refractivity contribution in [1.29, 1.82) is 0 Å². The summed E-state index contributed by atoms with van der Waals surface area (Å²) in [6, 6.07) is 5.01. The van der Waals surface area contributed by atoms with E-state index in [4.69, 9.17) is 0 Å². The van der Waals surface area contributed by atoms with E-state index in [2.05, 4.69) is 5.32 Å². The minimum absolute atomic E-state index is 0.335. The molecule has 0 heterocycles. The third kappa shape index (κ3) is 6.28. The van der Waals surface area contributed by atoms with Crippen LogP contribution in [-0.2, 0) is 22.2 Å². The Morgan fingerprint density at radius 1 is 0.912 bits per heavy atom. The number of sulfone groups is 1. The van der Waals surface area contributed by atoms with Crippen molar-refractivity contribution < 1.29 is 43.9 Å². The zero-order valence-electron chi connectivity index (χ0n) is 17.5. The molecule has 0 aromatic heterocycles. The molecule has 1 amide bonds. The molecule has 1 saturated carbocycles. The van der Waals surface area contributed by atoms with Gasteiger partial charge in [0.15, 0.2) is 9.84 Å². The number of rotatable bonds is 5. The zero-order valence-corrected chi connectivity index (χ0v) is 18.3. The minimum Gasteiger partial charge on any atom is -0.349 e. The van der Waals surface area contributed by atoms with Gasteiger partial charge in [0.2, 0.25) is 0 Å². The predicted octanol–water partition coefficient (Wildman–Crippen LogP) is 5.63. The van der Waals surface area contributed by atoms with Crippen LogP contribution in [-0.4, -0.2) is 26.1 Å². The lowest BCUT2D eigenvalue weighted by atomic mass is 9.87. The second-order valence-electron chi connectivity index (χ2n) is 8.19. The van der Waals surface area contributed by atoms with E-state index in [-0.39, 0.29) is 17.2 Å². The second kappa shape index (κ2) is 9.55. The first kappa shape index (κ1) is 26.0. The van der Waals surface area contributed by atoms with Crippen LogP contribution in [0.1, 0.15) is 47.2 Å². The van der Waals surface area contributed by atoms with E-state index < -0.39 is 56.0 Å². The number of hydrogen-bond acceptors (Lipinski definition) is 3. The third-order valence-electron chi connectivity index (χ3n) is 5.69. The van der Waals surface area contributed by atoms with Crippen LogP contribution in [0, 0.1) is 11.7 Å². The monoisotopic (exact) mass is 511 g/mol. The van der Waals surface area contributed by atoms with Gasteiger partial charge in [-0.05, 0) is 68.0 Å². The lowest BCUT2D eigenvalue weighted by molar-refractivity contribution is -0.140. The van der Waals surface area contributed by atoms with Crippen LogP contribution >= 0.6 is 0 Å². The molecule has 0 aliphatic heterocycles. The molecule has 1 aliphatic rings. The quantitative estimate of drug-likeness (QED) is 0.530. The lowest BCUT2D eigenvalue weighted by Gasteiger charge is -2.29. The predicted molar refractivity (Wildman–Crippen MR) is 108 cm³/mol. The van der Waals surface area contributed by atoms with Crippen LogP contribution in [0.25, 0.3) is 0 Å². The first-order valence-corrected chi connectivity index (χ1v) is 11.9. The highest BCUT2D eigenvalue weighted by Gasteiger charge is 2.35. The summed E-state index contributed by atoms with van der Waals surface area (Å²) in [5.41, 5.74) is -2.97. The molecule has 2 aromatic rings. The highest BCUT2D eigenvalue weighted by atomic mass is 32.2. The van der Waals surface area contributed by atoms with Gasteiger partial charge in [0.05, 0.1) is 21.8 Å². The van der Waals surface area contributed by atoms with Gasteiger partial charge in [-0.15, -0.1) is 0 Å². The topological polar surface area (TPSA) is 63.2 Å². The Balaban J connectivity index is 1.59. The highest BCUT2D eigenvalue weighted by molar-refractivity contribution is 7.91. The number of halogens is 7. The SMILES string of the molecule is O=C(N[C@H]1CC[C@H](CS(=O)(=O)c2cccc(C(F)(F)F)c2)CC1)c1ccc(F)c(C(F)(F)F)c1. The normalized spacial score (nSPS) is 19.6. The summed E-state index contributed by atoms with van der Waals surface area (Å²) in [4.78, 5) is 11.9. The van der Waals surface area contributed by atoms with Gasteiger partial charge in [0.25, 0.3) is 5.91 Å². The molecule has 0 spiro atoms. The van der Waals surface area contributed by atoms with Crippen molar-refractivity contribution in [2.45, 2.75) is 49.0 Å². The average molecular weight is 511 g/mol. The molecule has 1 aliphatic carbocycles. The van der Waals surface area contributed by atoms with Gasteiger partial charge in [-0.1, -0.05) is 6.07 Å². The molecule has 186 valence electrons. The molecular formula is C22H20F7NO3S. The number of benzene rings is 2. The van der Waals surface area contributed by atoms with Crippen LogP contribution in [0.4, 0.5) is 30.7 Å². The zero-order chi connectivity index (χ0) is 25.3. The Morgan fingerprint density at radius 3 is 2.15 bits per heavy atom. The molecular weight excluding hydrogens is 491 g/mol. The molecule has 2 aromatic carbocycles. The van der Waals surface area contributed by atoms with E-state index in [9.17, 15) is 43.9 Å². The molecule has 0 radical (unpaired) electrons. The summed E-state index contributed by atoms with van der Waals surface area (Å²) < 4.78 is 116. The van der Waals surface area contributed by atoms with Crippen LogP contribution in [0.5, 0.6) is 0 Å². The van der Waals surface area contributed by atoms with Gasteiger partial charge >= 0.3 is 12.4 Å². The summed E-state index contributed by atoms with van der Waals surface area (Å²) in [5, 5.41) is 2.57. The Labute approximate surface area is 191 Å². The minimum atomic E-state index is -4.95. The highest BCUT2D eigenvalue weighted by Crippen LogP contribution is 2.33. The number of carbonyl (C=O) groups is 1. The van der Waals surface area contributed by atoms with Crippen LogP contribution in [0.3, 0.4) is 0 Å². The van der Waals surface area contributed by atoms with E-state index in [1.54, 1.807) is 0 Å². The lowest BCUT2D eigenvalue weighted by Crippen LogP contribution is -2.38.